The van der Waals surface area contributed by atoms with Gasteiger partial charge in [0.2, 0.25) is 5.67 Å². The Morgan fingerprint density at radius 1 is 1.05 bits per heavy atom. The molecule has 0 saturated heterocycles. The van der Waals surface area contributed by atoms with Gasteiger partial charge in [-0.2, -0.15) is 13.2 Å². The Kier molecular flexibility index (Phi) is 3.45. The summed E-state index contributed by atoms with van der Waals surface area (Å²) in [5, 5.41) is 0. The van der Waals surface area contributed by atoms with Crippen LogP contribution in [0.1, 0.15) is 33.6 Å². The maximum Gasteiger partial charge on any atom is 0.400 e. The normalized spacial score (nSPS) is 42.2. The topological polar surface area (TPSA) is 0 Å². The summed E-state index contributed by atoms with van der Waals surface area (Å²) < 4.78 is 108. The first-order valence-corrected chi connectivity index (χ1v) is 5.70. The molecular weight excluding hydrogens is 284 g/mol. The van der Waals surface area contributed by atoms with Gasteiger partial charge in [0.15, 0.2) is 0 Å². The summed E-state index contributed by atoms with van der Waals surface area (Å²) in [4.78, 5) is 0. The van der Waals surface area contributed by atoms with Gasteiger partial charge in [0.1, 0.15) is 5.41 Å². The lowest BCUT2D eigenvalue weighted by Crippen LogP contribution is -2.72. The van der Waals surface area contributed by atoms with E-state index in [9.17, 15) is 35.1 Å². The fourth-order valence-electron chi connectivity index (χ4n) is 2.66. The first-order chi connectivity index (χ1) is 8.19. The molecule has 0 spiro atoms. The Morgan fingerprint density at radius 3 is 1.79 bits per heavy atom. The molecule has 0 nitrogen and oxygen atoms in total. The molecule has 114 valence electrons. The summed E-state index contributed by atoms with van der Waals surface area (Å²) >= 11 is 0. The Bertz CT molecular complexity index is 354. The molecule has 1 aliphatic rings. The molecule has 19 heavy (non-hydrogen) atoms. The predicted octanol–water partition coefficient (Wildman–Crippen LogP) is 4.98. The smallest absolute Gasteiger partial charge is 0.230 e. The molecule has 1 rings (SSSR count). The molecule has 0 N–H and O–H groups in total. The van der Waals surface area contributed by atoms with Crippen LogP contribution >= 0.6 is 0 Å². The molecule has 0 amide bonds. The average molecular weight is 298 g/mol. The van der Waals surface area contributed by atoms with Crippen molar-refractivity contribution in [3.63, 3.8) is 0 Å². The van der Waals surface area contributed by atoms with Gasteiger partial charge < -0.3 is 0 Å². The highest BCUT2D eigenvalue weighted by atomic mass is 19.4. The Labute approximate surface area is 105 Å². The van der Waals surface area contributed by atoms with Gasteiger partial charge in [-0.3, -0.25) is 0 Å². The molecule has 0 bridgehead atoms. The number of halogens is 8. The highest BCUT2D eigenvalue weighted by molar-refractivity contribution is 5.17. The molecule has 1 saturated carbocycles. The molecule has 0 aromatic carbocycles. The van der Waals surface area contributed by atoms with Gasteiger partial charge in [-0.25, -0.2) is 22.0 Å². The second kappa shape index (κ2) is 3.97. The van der Waals surface area contributed by atoms with Gasteiger partial charge in [-0.1, -0.05) is 13.8 Å². The van der Waals surface area contributed by atoms with Crippen LogP contribution in [0.25, 0.3) is 0 Å². The molecule has 0 radical (unpaired) electrons. The zero-order valence-electron chi connectivity index (χ0n) is 10.5. The molecule has 1 fully saturated rings. The van der Waals surface area contributed by atoms with Crippen LogP contribution in [-0.4, -0.2) is 23.7 Å². The third-order valence-electron chi connectivity index (χ3n) is 4.17. The summed E-state index contributed by atoms with van der Waals surface area (Å²) in [6.45, 7) is 1.45. The first-order valence-electron chi connectivity index (χ1n) is 5.70. The minimum atomic E-state index is -5.48. The van der Waals surface area contributed by atoms with Gasteiger partial charge in [-0.15, -0.1) is 0 Å². The van der Waals surface area contributed by atoms with Crippen molar-refractivity contribution in [2.45, 2.75) is 57.3 Å². The van der Waals surface area contributed by atoms with E-state index in [-0.39, 0.29) is 6.92 Å². The van der Waals surface area contributed by atoms with Crippen molar-refractivity contribution in [3.05, 3.63) is 0 Å². The zero-order valence-corrected chi connectivity index (χ0v) is 10.5. The van der Waals surface area contributed by atoms with Gasteiger partial charge in [-0.05, 0) is 19.8 Å². The maximum atomic E-state index is 14.1. The van der Waals surface area contributed by atoms with E-state index in [4.69, 9.17) is 0 Å². The highest BCUT2D eigenvalue weighted by Gasteiger charge is 2.84. The summed E-state index contributed by atoms with van der Waals surface area (Å²) in [6, 6.07) is 0. The number of alkyl halides is 8. The second-order valence-corrected chi connectivity index (χ2v) is 5.29. The Hall–Kier alpha value is -0.560. The highest BCUT2D eigenvalue weighted by Crippen LogP contribution is 2.67. The SMILES string of the molecule is CCC1(F)C(F)(F)C(C)CC(C)(C(F)(F)F)C1(F)F. The monoisotopic (exact) mass is 298 g/mol. The van der Waals surface area contributed by atoms with Crippen LogP contribution in [0.4, 0.5) is 35.1 Å². The molecule has 1 aliphatic carbocycles. The summed E-state index contributed by atoms with van der Waals surface area (Å²) in [5.41, 5.74) is -8.33. The molecule has 0 heterocycles. The van der Waals surface area contributed by atoms with E-state index in [0.717, 1.165) is 0 Å². The fraction of sp³-hybridized carbons (Fsp3) is 1.00. The quantitative estimate of drug-likeness (QED) is 0.599. The van der Waals surface area contributed by atoms with Crippen molar-refractivity contribution in [2.75, 3.05) is 0 Å². The number of hydrogen-bond acceptors (Lipinski definition) is 0. The van der Waals surface area contributed by atoms with Crippen molar-refractivity contribution in [1.29, 1.82) is 0 Å². The summed E-state index contributed by atoms with van der Waals surface area (Å²) in [5.74, 6) is -11.9. The van der Waals surface area contributed by atoms with E-state index >= 15 is 0 Å². The third kappa shape index (κ3) is 1.70. The molecular formula is C11H14F8. The average Bonchev–Trinajstić information content (AvgIpc) is 2.23. The van der Waals surface area contributed by atoms with E-state index in [1.807, 2.05) is 0 Å². The number of rotatable bonds is 1. The van der Waals surface area contributed by atoms with E-state index in [0.29, 0.717) is 13.8 Å². The van der Waals surface area contributed by atoms with E-state index < -0.39 is 47.9 Å². The van der Waals surface area contributed by atoms with Gasteiger partial charge in [0, 0.05) is 5.92 Å². The molecule has 0 aliphatic heterocycles. The molecule has 3 atom stereocenters. The Morgan fingerprint density at radius 2 is 1.47 bits per heavy atom. The van der Waals surface area contributed by atoms with Crippen LogP contribution in [0.2, 0.25) is 0 Å². The lowest BCUT2D eigenvalue weighted by molar-refractivity contribution is -0.391. The standard InChI is InChI=1S/C11H14F8/c1-4-8(12)9(13,14)6(2)5-7(3,10(8,15)16)11(17,18)19/h6H,4-5H2,1-3H3. The zero-order chi connectivity index (χ0) is 15.5. The number of hydrogen-bond donors (Lipinski definition) is 0. The van der Waals surface area contributed by atoms with Crippen LogP contribution in [-0.2, 0) is 0 Å². The van der Waals surface area contributed by atoms with Crippen molar-refractivity contribution < 1.29 is 35.1 Å². The summed E-state index contributed by atoms with van der Waals surface area (Å²) in [6.07, 6.45) is -8.40. The molecule has 3 unspecified atom stereocenters. The van der Waals surface area contributed by atoms with Crippen molar-refractivity contribution in [3.8, 4) is 0 Å². The fourth-order valence-corrected chi connectivity index (χ4v) is 2.66. The lowest BCUT2D eigenvalue weighted by Gasteiger charge is -2.54. The predicted molar refractivity (Wildman–Crippen MR) is 52.0 cm³/mol. The van der Waals surface area contributed by atoms with Crippen LogP contribution < -0.4 is 0 Å². The van der Waals surface area contributed by atoms with Gasteiger partial charge in [0.05, 0.1) is 0 Å². The van der Waals surface area contributed by atoms with E-state index in [1.165, 1.54) is 0 Å². The minimum absolute atomic E-state index is 0.0999. The largest absolute Gasteiger partial charge is 0.400 e. The molecule has 0 aromatic rings. The Balaban J connectivity index is 3.54. The third-order valence-corrected chi connectivity index (χ3v) is 4.17. The van der Waals surface area contributed by atoms with Gasteiger partial charge >= 0.3 is 12.1 Å². The van der Waals surface area contributed by atoms with Crippen LogP contribution in [0.5, 0.6) is 0 Å². The van der Waals surface area contributed by atoms with E-state index in [2.05, 4.69) is 0 Å². The summed E-state index contributed by atoms with van der Waals surface area (Å²) in [7, 11) is 0. The first kappa shape index (κ1) is 16.5. The van der Waals surface area contributed by atoms with Crippen molar-refractivity contribution in [1.82, 2.24) is 0 Å². The van der Waals surface area contributed by atoms with E-state index in [1.54, 1.807) is 0 Å². The van der Waals surface area contributed by atoms with Crippen molar-refractivity contribution in [2.24, 2.45) is 11.3 Å². The van der Waals surface area contributed by atoms with Crippen LogP contribution in [0, 0.1) is 11.3 Å². The lowest BCUT2D eigenvalue weighted by atomic mass is 9.59. The minimum Gasteiger partial charge on any atom is -0.230 e. The molecule has 0 aromatic heterocycles. The van der Waals surface area contributed by atoms with Crippen LogP contribution in [0.3, 0.4) is 0 Å². The second-order valence-electron chi connectivity index (χ2n) is 5.29. The molecule has 8 heteroatoms. The van der Waals surface area contributed by atoms with Crippen LogP contribution in [0.15, 0.2) is 0 Å². The van der Waals surface area contributed by atoms with Crippen molar-refractivity contribution >= 4 is 0 Å². The maximum absolute atomic E-state index is 14.1. The van der Waals surface area contributed by atoms with Gasteiger partial charge in [0.25, 0.3) is 5.92 Å².